The summed E-state index contributed by atoms with van der Waals surface area (Å²) in [6.07, 6.45) is -2.30. The second-order valence-corrected chi connectivity index (χ2v) is 9.01. The second-order valence-electron chi connectivity index (χ2n) is 9.01. The smallest absolute Gasteiger partial charge is 0.395 e. The van der Waals surface area contributed by atoms with E-state index in [1.54, 1.807) is 12.1 Å². The van der Waals surface area contributed by atoms with Crippen molar-refractivity contribution in [3.8, 4) is 22.8 Å². The molecule has 3 aromatic rings. The van der Waals surface area contributed by atoms with E-state index in [-0.39, 0.29) is 29.5 Å². The lowest BCUT2D eigenvalue weighted by Crippen LogP contribution is -2.26. The molecular weight excluding hydrogens is 440 g/mol. The van der Waals surface area contributed by atoms with Gasteiger partial charge in [0, 0.05) is 23.2 Å². The SMILES string of the molecule is CC(=O)c1cccc(-c2nc(CC(=O)C3(c4ccc5c(c4)OC(F)(F)O5)CC3)ccc2C)c1C. The van der Waals surface area contributed by atoms with Crippen molar-refractivity contribution in [2.45, 2.75) is 51.7 Å². The molecule has 1 aliphatic carbocycles. The quantitative estimate of drug-likeness (QED) is 0.437. The number of hydrogen-bond donors (Lipinski definition) is 0. The van der Waals surface area contributed by atoms with Gasteiger partial charge in [-0.05, 0) is 68.5 Å². The molecular formula is C27H23F2NO4. The number of aryl methyl sites for hydroxylation is 1. The molecule has 1 saturated carbocycles. The van der Waals surface area contributed by atoms with Crippen LogP contribution >= 0.6 is 0 Å². The summed E-state index contributed by atoms with van der Waals surface area (Å²) >= 11 is 0. The zero-order valence-electron chi connectivity index (χ0n) is 19.1. The summed E-state index contributed by atoms with van der Waals surface area (Å²) in [5.74, 6) is -0.127. The predicted molar refractivity (Wildman–Crippen MR) is 121 cm³/mol. The lowest BCUT2D eigenvalue weighted by Gasteiger charge is -2.16. The molecule has 5 nitrogen and oxygen atoms in total. The van der Waals surface area contributed by atoms with Crippen molar-refractivity contribution in [1.29, 1.82) is 0 Å². The van der Waals surface area contributed by atoms with E-state index in [0.717, 1.165) is 22.4 Å². The van der Waals surface area contributed by atoms with Crippen LogP contribution in [-0.4, -0.2) is 22.8 Å². The molecule has 2 heterocycles. The number of hydrogen-bond acceptors (Lipinski definition) is 5. The van der Waals surface area contributed by atoms with Crippen molar-refractivity contribution >= 4 is 11.6 Å². The Bertz CT molecular complexity index is 1340. The first-order chi connectivity index (χ1) is 16.1. The van der Waals surface area contributed by atoms with E-state index >= 15 is 0 Å². The number of fused-ring (bicyclic) bond motifs is 1. The molecule has 0 atom stereocenters. The Morgan fingerprint density at radius 2 is 1.74 bits per heavy atom. The average Bonchev–Trinajstić information content (AvgIpc) is 3.52. The van der Waals surface area contributed by atoms with Crippen LogP contribution in [0.2, 0.25) is 0 Å². The third-order valence-corrected chi connectivity index (χ3v) is 6.70. The molecule has 0 radical (unpaired) electrons. The lowest BCUT2D eigenvalue weighted by atomic mass is 9.88. The summed E-state index contributed by atoms with van der Waals surface area (Å²) in [6.45, 7) is 5.37. The zero-order valence-corrected chi connectivity index (χ0v) is 19.1. The van der Waals surface area contributed by atoms with Crippen molar-refractivity contribution in [2.24, 2.45) is 0 Å². The third kappa shape index (κ3) is 3.75. The average molecular weight is 463 g/mol. The molecule has 1 aromatic heterocycles. The first kappa shape index (κ1) is 22.2. The summed E-state index contributed by atoms with van der Waals surface area (Å²) in [4.78, 5) is 30.1. The van der Waals surface area contributed by atoms with E-state index < -0.39 is 11.7 Å². The maximum absolute atomic E-state index is 13.4. The van der Waals surface area contributed by atoms with Gasteiger partial charge >= 0.3 is 6.29 Å². The maximum Gasteiger partial charge on any atom is 0.586 e. The largest absolute Gasteiger partial charge is 0.586 e. The van der Waals surface area contributed by atoms with Gasteiger partial charge in [0.1, 0.15) is 5.78 Å². The van der Waals surface area contributed by atoms with E-state index in [2.05, 4.69) is 9.47 Å². The topological polar surface area (TPSA) is 65.5 Å². The van der Waals surface area contributed by atoms with Crippen molar-refractivity contribution in [2.75, 3.05) is 0 Å². The fraction of sp³-hybridized carbons (Fsp3) is 0.296. The first-order valence-corrected chi connectivity index (χ1v) is 11.1. The van der Waals surface area contributed by atoms with Gasteiger partial charge in [0.15, 0.2) is 17.3 Å². The number of Topliss-reactive ketones (excluding diaryl/α,β-unsaturated/α-hetero) is 2. The van der Waals surface area contributed by atoms with E-state index in [9.17, 15) is 18.4 Å². The summed E-state index contributed by atoms with van der Waals surface area (Å²) < 4.78 is 35.8. The highest BCUT2D eigenvalue weighted by Gasteiger charge is 2.52. The minimum Gasteiger partial charge on any atom is -0.395 e. The number of alkyl halides is 2. The number of ether oxygens (including phenoxy) is 2. The molecule has 1 aliphatic heterocycles. The van der Waals surface area contributed by atoms with E-state index in [1.807, 2.05) is 38.1 Å². The highest BCUT2D eigenvalue weighted by atomic mass is 19.3. The lowest BCUT2D eigenvalue weighted by molar-refractivity contribution is -0.286. The van der Waals surface area contributed by atoms with Gasteiger partial charge in [0.25, 0.3) is 0 Å². The van der Waals surface area contributed by atoms with Crippen molar-refractivity contribution in [3.05, 3.63) is 76.5 Å². The van der Waals surface area contributed by atoms with Gasteiger partial charge in [-0.3, -0.25) is 14.6 Å². The first-order valence-electron chi connectivity index (χ1n) is 11.1. The number of benzene rings is 2. The van der Waals surface area contributed by atoms with Crippen LogP contribution in [0.5, 0.6) is 11.5 Å². The normalized spacial score (nSPS) is 16.9. The van der Waals surface area contributed by atoms with Gasteiger partial charge in [0.2, 0.25) is 0 Å². The number of rotatable bonds is 6. The Morgan fingerprint density at radius 3 is 2.44 bits per heavy atom. The number of carbonyl (C=O) groups is 2. The number of ketones is 2. The standard InChI is InChI=1S/C27H23F2NO4/c1-15-7-9-19(30-25(15)21-6-4-5-20(16(21)2)17(3)31)14-24(32)26(11-12-26)18-8-10-22-23(13-18)34-27(28,29)33-22/h4-10,13H,11-12,14H2,1-3H3. The van der Waals surface area contributed by atoms with Crippen LogP contribution in [-0.2, 0) is 16.6 Å². The van der Waals surface area contributed by atoms with Crippen molar-refractivity contribution in [1.82, 2.24) is 4.98 Å². The Morgan fingerprint density at radius 1 is 1.00 bits per heavy atom. The molecule has 2 aliphatic rings. The van der Waals surface area contributed by atoms with Gasteiger partial charge in [-0.2, -0.15) is 0 Å². The van der Waals surface area contributed by atoms with E-state index in [1.165, 1.54) is 19.1 Å². The fourth-order valence-corrected chi connectivity index (χ4v) is 4.65. The number of aromatic nitrogens is 1. The number of halogens is 2. The van der Waals surface area contributed by atoms with Crippen LogP contribution in [0.1, 0.15) is 52.5 Å². The summed E-state index contributed by atoms with van der Waals surface area (Å²) in [7, 11) is 0. The molecule has 0 bridgehead atoms. The fourth-order valence-electron chi connectivity index (χ4n) is 4.65. The monoisotopic (exact) mass is 463 g/mol. The summed E-state index contributed by atoms with van der Waals surface area (Å²) in [6, 6.07) is 13.9. The van der Waals surface area contributed by atoms with E-state index in [4.69, 9.17) is 4.98 Å². The molecule has 5 rings (SSSR count). The number of pyridine rings is 1. The molecule has 0 N–H and O–H groups in total. The van der Waals surface area contributed by atoms with Crippen LogP contribution in [0.15, 0.2) is 48.5 Å². The molecule has 1 fully saturated rings. The Kier molecular flexibility index (Phi) is 5.04. The van der Waals surface area contributed by atoms with Crippen LogP contribution in [0.25, 0.3) is 11.3 Å². The van der Waals surface area contributed by atoms with Gasteiger partial charge in [-0.15, -0.1) is 8.78 Å². The minimum absolute atomic E-state index is 0.0134. The molecule has 0 amide bonds. The summed E-state index contributed by atoms with van der Waals surface area (Å²) in [5.41, 5.74) is 4.58. The van der Waals surface area contributed by atoms with Crippen LogP contribution in [0, 0.1) is 13.8 Å². The second kappa shape index (κ2) is 7.72. The molecule has 34 heavy (non-hydrogen) atoms. The molecule has 0 spiro atoms. The van der Waals surface area contributed by atoms with Crippen LogP contribution in [0.3, 0.4) is 0 Å². The molecule has 174 valence electrons. The Balaban J connectivity index is 1.43. The van der Waals surface area contributed by atoms with Gasteiger partial charge < -0.3 is 9.47 Å². The zero-order chi connectivity index (χ0) is 24.3. The van der Waals surface area contributed by atoms with Crippen LogP contribution in [0.4, 0.5) is 8.78 Å². The van der Waals surface area contributed by atoms with Crippen molar-refractivity contribution in [3.63, 3.8) is 0 Å². The summed E-state index contributed by atoms with van der Waals surface area (Å²) in [5, 5.41) is 0. The van der Waals surface area contributed by atoms with Gasteiger partial charge in [-0.1, -0.05) is 30.3 Å². The molecule has 0 saturated heterocycles. The third-order valence-electron chi connectivity index (χ3n) is 6.70. The number of nitrogens with zero attached hydrogens (tertiary/aromatic N) is 1. The minimum atomic E-state index is -3.69. The molecule has 0 unspecified atom stereocenters. The van der Waals surface area contributed by atoms with Gasteiger partial charge in [0.05, 0.1) is 11.1 Å². The van der Waals surface area contributed by atoms with Gasteiger partial charge in [-0.25, -0.2) is 0 Å². The highest BCUT2D eigenvalue weighted by molar-refractivity contribution is 5.97. The highest BCUT2D eigenvalue weighted by Crippen LogP contribution is 2.52. The van der Waals surface area contributed by atoms with Crippen molar-refractivity contribution < 1.29 is 27.8 Å². The Hall–Kier alpha value is -3.61. The predicted octanol–water partition coefficient (Wildman–Crippen LogP) is 5.73. The Labute approximate surface area is 195 Å². The van der Waals surface area contributed by atoms with Crippen LogP contribution < -0.4 is 9.47 Å². The number of carbonyl (C=O) groups excluding carboxylic acids is 2. The maximum atomic E-state index is 13.4. The molecule has 7 heteroatoms. The van der Waals surface area contributed by atoms with E-state index in [0.29, 0.717) is 29.7 Å². The molecule has 2 aromatic carbocycles.